The fraction of sp³-hybridized carbons (Fsp3) is 0.368. The molecule has 2 aromatic rings. The highest BCUT2D eigenvalue weighted by atomic mass is 16.7. The minimum Gasteiger partial charge on any atom is -0.344 e. The number of carbonyl (C=O) groups is 2. The maximum atomic E-state index is 12.4. The number of rotatable bonds is 6. The highest BCUT2D eigenvalue weighted by molar-refractivity contribution is 5.89. The van der Waals surface area contributed by atoms with Crippen LogP contribution in [0, 0.1) is 5.92 Å². The average molecular weight is 328 g/mol. The second-order valence-electron chi connectivity index (χ2n) is 6.17. The van der Waals surface area contributed by atoms with Crippen LogP contribution >= 0.6 is 0 Å². The molecule has 0 saturated heterocycles. The van der Waals surface area contributed by atoms with Crippen molar-refractivity contribution in [1.29, 1.82) is 0 Å². The molecule has 2 rings (SSSR count). The van der Waals surface area contributed by atoms with E-state index < -0.39 is 6.04 Å². The number of nitrogens with one attached hydrogen (secondary N) is 1. The molecule has 0 saturated carbocycles. The Hall–Kier alpha value is -2.40. The first-order chi connectivity index (χ1) is 11.4. The molecule has 1 unspecified atom stereocenters. The molecule has 5 heteroatoms. The highest BCUT2D eigenvalue weighted by Gasteiger charge is 2.27. The molecular weight excluding hydrogens is 304 g/mol. The van der Waals surface area contributed by atoms with Crippen LogP contribution in [0.1, 0.15) is 19.4 Å². The third-order valence-electron chi connectivity index (χ3n) is 4.01. The number of likely N-dealkylation sites (N-methyl/N-ethyl adjacent to an activating group) is 1. The molecule has 0 aliphatic rings. The SMILES string of the molecule is CON(C)C(=O)C(NC(=O)Cc1ccc2ccccc2c1)C(C)C. The van der Waals surface area contributed by atoms with Crippen LogP contribution in [-0.4, -0.2) is 37.1 Å². The van der Waals surface area contributed by atoms with Crippen molar-refractivity contribution < 1.29 is 14.4 Å². The van der Waals surface area contributed by atoms with Crippen molar-refractivity contribution in [3.05, 3.63) is 48.0 Å². The lowest BCUT2D eigenvalue weighted by Gasteiger charge is -2.25. The number of nitrogens with zero attached hydrogens (tertiary/aromatic N) is 1. The van der Waals surface area contributed by atoms with Crippen LogP contribution in [0.5, 0.6) is 0 Å². The fourth-order valence-electron chi connectivity index (χ4n) is 2.56. The first-order valence-corrected chi connectivity index (χ1v) is 8.01. The standard InChI is InChI=1S/C19H24N2O3/c1-13(2)18(19(23)21(3)24-4)20-17(22)12-14-9-10-15-7-5-6-8-16(15)11-14/h5-11,13,18H,12H2,1-4H3,(H,20,22). The van der Waals surface area contributed by atoms with Gasteiger partial charge in [-0.2, -0.15) is 0 Å². The van der Waals surface area contributed by atoms with E-state index in [0.717, 1.165) is 21.4 Å². The van der Waals surface area contributed by atoms with Crippen LogP contribution in [0.3, 0.4) is 0 Å². The molecule has 0 fully saturated rings. The Balaban J connectivity index is 2.08. The largest absolute Gasteiger partial charge is 0.344 e. The van der Waals surface area contributed by atoms with E-state index in [2.05, 4.69) is 5.32 Å². The van der Waals surface area contributed by atoms with E-state index >= 15 is 0 Å². The summed E-state index contributed by atoms with van der Waals surface area (Å²) in [6, 6.07) is 13.3. The van der Waals surface area contributed by atoms with E-state index in [0.29, 0.717) is 0 Å². The summed E-state index contributed by atoms with van der Waals surface area (Å²) < 4.78 is 0. The molecule has 0 heterocycles. The van der Waals surface area contributed by atoms with Crippen molar-refractivity contribution in [3.63, 3.8) is 0 Å². The number of hydroxylamine groups is 2. The zero-order chi connectivity index (χ0) is 17.7. The first-order valence-electron chi connectivity index (χ1n) is 8.01. The molecule has 1 N–H and O–H groups in total. The van der Waals surface area contributed by atoms with Crippen molar-refractivity contribution in [3.8, 4) is 0 Å². The predicted octanol–water partition coefficient (Wildman–Crippen LogP) is 2.54. The van der Waals surface area contributed by atoms with Crippen LogP contribution in [0.15, 0.2) is 42.5 Å². The molecule has 24 heavy (non-hydrogen) atoms. The summed E-state index contributed by atoms with van der Waals surface area (Å²) in [4.78, 5) is 29.5. The average Bonchev–Trinajstić information content (AvgIpc) is 2.58. The Morgan fingerprint density at radius 1 is 1.12 bits per heavy atom. The van der Waals surface area contributed by atoms with Gasteiger partial charge in [0, 0.05) is 7.05 Å². The Morgan fingerprint density at radius 2 is 1.79 bits per heavy atom. The summed E-state index contributed by atoms with van der Waals surface area (Å²) in [6.45, 7) is 3.78. The molecule has 0 bridgehead atoms. The van der Waals surface area contributed by atoms with Crippen molar-refractivity contribution in [2.75, 3.05) is 14.2 Å². The third kappa shape index (κ3) is 4.32. The molecule has 1 atom stereocenters. The zero-order valence-corrected chi connectivity index (χ0v) is 14.6. The second-order valence-corrected chi connectivity index (χ2v) is 6.17. The van der Waals surface area contributed by atoms with Gasteiger partial charge in [0.2, 0.25) is 5.91 Å². The summed E-state index contributed by atoms with van der Waals surface area (Å²) in [5.74, 6) is -0.475. The van der Waals surface area contributed by atoms with Crippen LogP contribution in [0.4, 0.5) is 0 Å². The topological polar surface area (TPSA) is 58.6 Å². The van der Waals surface area contributed by atoms with Gasteiger partial charge in [0.1, 0.15) is 6.04 Å². The van der Waals surface area contributed by atoms with Gasteiger partial charge in [0.05, 0.1) is 13.5 Å². The lowest BCUT2D eigenvalue weighted by atomic mass is 10.0. The van der Waals surface area contributed by atoms with Crippen LogP contribution < -0.4 is 5.32 Å². The Morgan fingerprint density at radius 3 is 2.42 bits per heavy atom. The van der Waals surface area contributed by atoms with Gasteiger partial charge in [0.15, 0.2) is 0 Å². The van der Waals surface area contributed by atoms with Gasteiger partial charge in [-0.05, 0) is 22.3 Å². The molecule has 0 aliphatic heterocycles. The van der Waals surface area contributed by atoms with Crippen molar-refractivity contribution in [2.45, 2.75) is 26.3 Å². The van der Waals surface area contributed by atoms with E-state index in [1.807, 2.05) is 56.3 Å². The van der Waals surface area contributed by atoms with E-state index in [9.17, 15) is 9.59 Å². The normalized spacial score (nSPS) is 12.2. The molecule has 0 radical (unpaired) electrons. The molecule has 128 valence electrons. The summed E-state index contributed by atoms with van der Waals surface area (Å²) in [6.07, 6.45) is 0.234. The van der Waals surface area contributed by atoms with Crippen LogP contribution in [0.2, 0.25) is 0 Å². The molecule has 5 nitrogen and oxygen atoms in total. The van der Waals surface area contributed by atoms with Crippen LogP contribution in [0.25, 0.3) is 10.8 Å². The molecule has 0 aliphatic carbocycles. The van der Waals surface area contributed by atoms with Gasteiger partial charge in [-0.15, -0.1) is 0 Å². The predicted molar refractivity (Wildman–Crippen MR) is 94.2 cm³/mol. The highest BCUT2D eigenvalue weighted by Crippen LogP contribution is 2.16. The van der Waals surface area contributed by atoms with E-state index in [-0.39, 0.29) is 24.2 Å². The van der Waals surface area contributed by atoms with Gasteiger partial charge in [-0.1, -0.05) is 56.3 Å². The third-order valence-corrected chi connectivity index (χ3v) is 4.01. The monoisotopic (exact) mass is 328 g/mol. The maximum Gasteiger partial charge on any atom is 0.268 e. The summed E-state index contributed by atoms with van der Waals surface area (Å²) in [7, 11) is 2.96. The van der Waals surface area contributed by atoms with Gasteiger partial charge in [0.25, 0.3) is 5.91 Å². The Kier molecular flexibility index (Phi) is 5.93. The summed E-state index contributed by atoms with van der Waals surface area (Å²) in [5, 5.41) is 6.19. The molecule has 2 amide bonds. The minimum absolute atomic E-state index is 0.0318. The van der Waals surface area contributed by atoms with Gasteiger partial charge >= 0.3 is 0 Å². The maximum absolute atomic E-state index is 12.4. The summed E-state index contributed by atoms with van der Waals surface area (Å²) >= 11 is 0. The lowest BCUT2D eigenvalue weighted by molar-refractivity contribution is -0.172. The lowest BCUT2D eigenvalue weighted by Crippen LogP contribution is -2.50. The first kappa shape index (κ1) is 17.9. The summed E-state index contributed by atoms with van der Waals surface area (Å²) in [5.41, 5.74) is 0.918. The van der Waals surface area contributed by atoms with Crippen molar-refractivity contribution in [1.82, 2.24) is 10.4 Å². The van der Waals surface area contributed by atoms with Gasteiger partial charge in [-0.3, -0.25) is 14.4 Å². The second kappa shape index (κ2) is 7.93. The van der Waals surface area contributed by atoms with E-state index in [1.54, 1.807) is 0 Å². The van der Waals surface area contributed by atoms with Crippen LogP contribution in [-0.2, 0) is 20.8 Å². The Bertz CT molecular complexity index is 727. The van der Waals surface area contributed by atoms with Gasteiger partial charge < -0.3 is 5.32 Å². The van der Waals surface area contributed by atoms with Gasteiger partial charge in [-0.25, -0.2) is 5.06 Å². The molecule has 2 aromatic carbocycles. The smallest absolute Gasteiger partial charge is 0.268 e. The number of fused-ring (bicyclic) bond motifs is 1. The number of hydrogen-bond acceptors (Lipinski definition) is 3. The quantitative estimate of drug-likeness (QED) is 0.829. The Labute approximate surface area is 142 Å². The molecule has 0 aromatic heterocycles. The number of hydrogen-bond donors (Lipinski definition) is 1. The van der Waals surface area contributed by atoms with Crippen molar-refractivity contribution in [2.24, 2.45) is 5.92 Å². The zero-order valence-electron chi connectivity index (χ0n) is 14.6. The minimum atomic E-state index is -0.608. The fourth-order valence-corrected chi connectivity index (χ4v) is 2.56. The molecule has 0 spiro atoms. The molecular formula is C19H24N2O3. The number of benzene rings is 2. The van der Waals surface area contributed by atoms with E-state index in [4.69, 9.17) is 4.84 Å². The van der Waals surface area contributed by atoms with E-state index in [1.165, 1.54) is 14.2 Å². The number of carbonyl (C=O) groups excluding carboxylic acids is 2. The van der Waals surface area contributed by atoms with Crippen molar-refractivity contribution >= 4 is 22.6 Å². The number of amides is 2.